The number of piperidine rings is 1. The Morgan fingerprint density at radius 2 is 2.06 bits per heavy atom. The maximum Gasteiger partial charge on any atom is 0.223 e. The van der Waals surface area contributed by atoms with Gasteiger partial charge in [-0.05, 0) is 38.3 Å². The van der Waals surface area contributed by atoms with Gasteiger partial charge in [-0.25, -0.2) is 0 Å². The molecule has 1 aliphatic heterocycles. The fourth-order valence-corrected chi connectivity index (χ4v) is 2.23. The average molecular weight is 241 g/mol. The first-order valence-electron chi connectivity index (χ1n) is 6.83. The fourth-order valence-electron chi connectivity index (χ4n) is 2.23. The third-order valence-electron chi connectivity index (χ3n) is 3.42. The predicted octanol–water partition coefficient (Wildman–Crippen LogP) is 0.819. The molecule has 0 spiro atoms. The molecule has 4 nitrogen and oxygen atoms in total. The number of carbonyl (C=O) groups is 1. The van der Waals surface area contributed by atoms with Gasteiger partial charge in [-0.1, -0.05) is 13.8 Å². The van der Waals surface area contributed by atoms with Crippen molar-refractivity contribution in [2.24, 2.45) is 17.6 Å². The number of carbonyl (C=O) groups excluding carboxylic acids is 1. The average Bonchev–Trinajstić information content (AvgIpc) is 2.30. The van der Waals surface area contributed by atoms with Crippen LogP contribution < -0.4 is 11.1 Å². The largest absolute Gasteiger partial charge is 0.356 e. The molecule has 3 N–H and O–H groups in total. The molecule has 0 aromatic rings. The summed E-state index contributed by atoms with van der Waals surface area (Å²) < 4.78 is 0. The highest BCUT2D eigenvalue weighted by Gasteiger charge is 2.24. The lowest BCUT2D eigenvalue weighted by Crippen LogP contribution is -2.42. The van der Waals surface area contributed by atoms with Gasteiger partial charge in [-0.15, -0.1) is 0 Å². The van der Waals surface area contributed by atoms with Crippen molar-refractivity contribution < 1.29 is 4.79 Å². The lowest BCUT2D eigenvalue weighted by molar-refractivity contribution is -0.126. The topological polar surface area (TPSA) is 58.4 Å². The SMILES string of the molecule is CC(C)CCNC(=O)C1CCN(CCN)CC1. The number of rotatable bonds is 6. The monoisotopic (exact) mass is 241 g/mol. The maximum atomic E-state index is 11.9. The van der Waals surface area contributed by atoms with E-state index in [1.807, 2.05) is 0 Å². The molecule has 1 amide bonds. The van der Waals surface area contributed by atoms with Crippen molar-refractivity contribution in [3.8, 4) is 0 Å². The van der Waals surface area contributed by atoms with Gasteiger partial charge in [-0.2, -0.15) is 0 Å². The number of hydrogen-bond acceptors (Lipinski definition) is 3. The zero-order valence-electron chi connectivity index (χ0n) is 11.2. The summed E-state index contributed by atoms with van der Waals surface area (Å²) in [7, 11) is 0. The molecule has 0 aromatic carbocycles. The zero-order valence-corrected chi connectivity index (χ0v) is 11.2. The molecule has 0 unspecified atom stereocenters. The summed E-state index contributed by atoms with van der Waals surface area (Å²) >= 11 is 0. The van der Waals surface area contributed by atoms with Gasteiger partial charge in [0, 0.05) is 25.6 Å². The number of amides is 1. The number of nitrogens with one attached hydrogen (secondary N) is 1. The Bertz CT molecular complexity index is 223. The van der Waals surface area contributed by atoms with Gasteiger partial charge in [0.05, 0.1) is 0 Å². The van der Waals surface area contributed by atoms with Gasteiger partial charge < -0.3 is 16.0 Å². The Morgan fingerprint density at radius 1 is 1.41 bits per heavy atom. The van der Waals surface area contributed by atoms with E-state index in [9.17, 15) is 4.79 Å². The van der Waals surface area contributed by atoms with Crippen LogP contribution in [0.2, 0.25) is 0 Å². The second-order valence-electron chi connectivity index (χ2n) is 5.38. The van der Waals surface area contributed by atoms with Crippen LogP contribution in [0.25, 0.3) is 0 Å². The first-order chi connectivity index (χ1) is 8.13. The van der Waals surface area contributed by atoms with E-state index in [2.05, 4.69) is 24.1 Å². The molecule has 0 saturated carbocycles. The molecule has 1 fully saturated rings. The summed E-state index contributed by atoms with van der Waals surface area (Å²) in [6, 6.07) is 0. The van der Waals surface area contributed by atoms with E-state index in [-0.39, 0.29) is 11.8 Å². The molecular weight excluding hydrogens is 214 g/mol. The minimum absolute atomic E-state index is 0.219. The number of nitrogens with two attached hydrogens (primary N) is 1. The minimum Gasteiger partial charge on any atom is -0.356 e. The van der Waals surface area contributed by atoms with Crippen LogP contribution in [0, 0.1) is 11.8 Å². The van der Waals surface area contributed by atoms with Crippen LogP contribution in [0.5, 0.6) is 0 Å². The summed E-state index contributed by atoms with van der Waals surface area (Å²) in [5.41, 5.74) is 5.53. The van der Waals surface area contributed by atoms with E-state index in [0.29, 0.717) is 12.5 Å². The minimum atomic E-state index is 0.219. The molecule has 1 rings (SSSR count). The third kappa shape index (κ3) is 5.50. The maximum absolute atomic E-state index is 11.9. The molecule has 0 bridgehead atoms. The second-order valence-corrected chi connectivity index (χ2v) is 5.38. The summed E-state index contributed by atoms with van der Waals surface area (Å²) in [6.07, 6.45) is 3.03. The number of likely N-dealkylation sites (tertiary alicyclic amines) is 1. The van der Waals surface area contributed by atoms with Crippen LogP contribution in [0.4, 0.5) is 0 Å². The molecule has 1 saturated heterocycles. The van der Waals surface area contributed by atoms with Crippen LogP contribution in [-0.2, 0) is 4.79 Å². The van der Waals surface area contributed by atoms with Crippen LogP contribution in [0.15, 0.2) is 0 Å². The highest BCUT2D eigenvalue weighted by atomic mass is 16.1. The van der Waals surface area contributed by atoms with Crippen molar-refractivity contribution >= 4 is 5.91 Å². The highest BCUT2D eigenvalue weighted by Crippen LogP contribution is 2.16. The van der Waals surface area contributed by atoms with Crippen LogP contribution in [0.3, 0.4) is 0 Å². The van der Waals surface area contributed by atoms with Crippen molar-refractivity contribution in [3.05, 3.63) is 0 Å². The van der Waals surface area contributed by atoms with E-state index < -0.39 is 0 Å². The van der Waals surface area contributed by atoms with Gasteiger partial charge in [-0.3, -0.25) is 4.79 Å². The van der Waals surface area contributed by atoms with E-state index >= 15 is 0 Å². The second kappa shape index (κ2) is 7.67. The summed E-state index contributed by atoms with van der Waals surface area (Å²) in [4.78, 5) is 14.2. The van der Waals surface area contributed by atoms with Gasteiger partial charge in [0.15, 0.2) is 0 Å². The van der Waals surface area contributed by atoms with Gasteiger partial charge in [0.25, 0.3) is 0 Å². The van der Waals surface area contributed by atoms with Crippen molar-refractivity contribution in [1.82, 2.24) is 10.2 Å². The van der Waals surface area contributed by atoms with Crippen LogP contribution in [-0.4, -0.2) is 43.5 Å². The Kier molecular flexibility index (Phi) is 6.52. The lowest BCUT2D eigenvalue weighted by Gasteiger charge is -2.30. The first-order valence-corrected chi connectivity index (χ1v) is 6.83. The van der Waals surface area contributed by atoms with Crippen molar-refractivity contribution in [1.29, 1.82) is 0 Å². The molecule has 1 aliphatic rings. The van der Waals surface area contributed by atoms with Gasteiger partial charge in [0.1, 0.15) is 0 Å². The van der Waals surface area contributed by atoms with Crippen molar-refractivity contribution in [2.45, 2.75) is 33.1 Å². The Balaban J connectivity index is 2.17. The quantitative estimate of drug-likeness (QED) is 0.724. The molecular formula is C13H27N3O. The van der Waals surface area contributed by atoms with Crippen molar-refractivity contribution in [3.63, 3.8) is 0 Å². The molecule has 4 heteroatoms. The lowest BCUT2D eigenvalue weighted by atomic mass is 9.96. The Hall–Kier alpha value is -0.610. The molecule has 0 radical (unpaired) electrons. The summed E-state index contributed by atoms with van der Waals surface area (Å²) in [6.45, 7) is 8.88. The number of nitrogens with zero attached hydrogens (tertiary/aromatic N) is 1. The van der Waals surface area contributed by atoms with E-state index in [1.54, 1.807) is 0 Å². The van der Waals surface area contributed by atoms with Gasteiger partial charge in [0.2, 0.25) is 5.91 Å². The Labute approximate surface area is 105 Å². The molecule has 0 aromatic heterocycles. The predicted molar refractivity (Wildman–Crippen MR) is 70.7 cm³/mol. The van der Waals surface area contributed by atoms with E-state index in [1.165, 1.54) is 0 Å². The molecule has 1 heterocycles. The van der Waals surface area contributed by atoms with Crippen LogP contribution in [0.1, 0.15) is 33.1 Å². The zero-order chi connectivity index (χ0) is 12.7. The molecule has 0 atom stereocenters. The first kappa shape index (κ1) is 14.5. The fraction of sp³-hybridized carbons (Fsp3) is 0.923. The summed E-state index contributed by atoms with van der Waals surface area (Å²) in [5.74, 6) is 1.12. The normalized spacial score (nSPS) is 18.6. The van der Waals surface area contributed by atoms with E-state index in [4.69, 9.17) is 5.73 Å². The van der Waals surface area contributed by atoms with Crippen LogP contribution >= 0.6 is 0 Å². The molecule has 0 aliphatic carbocycles. The van der Waals surface area contributed by atoms with Gasteiger partial charge >= 0.3 is 0 Å². The standard InChI is InChI=1S/C13H27N3O/c1-11(2)3-7-15-13(17)12-4-8-16(9-5-12)10-6-14/h11-12H,3-10,14H2,1-2H3,(H,15,17). The third-order valence-corrected chi connectivity index (χ3v) is 3.42. The number of hydrogen-bond donors (Lipinski definition) is 2. The van der Waals surface area contributed by atoms with E-state index in [0.717, 1.165) is 45.4 Å². The summed E-state index contributed by atoms with van der Waals surface area (Å²) in [5, 5.41) is 3.05. The molecule has 17 heavy (non-hydrogen) atoms. The molecule has 100 valence electrons. The highest BCUT2D eigenvalue weighted by molar-refractivity contribution is 5.78. The smallest absolute Gasteiger partial charge is 0.223 e. The van der Waals surface area contributed by atoms with Crippen molar-refractivity contribution in [2.75, 3.05) is 32.7 Å². The Morgan fingerprint density at radius 3 is 2.59 bits per heavy atom.